The SMILES string of the molecule is O=C(C=Cc1ccccc1[N+](=O)[O-])Nc1cccc(OCCn2cccn2)c1. The zero-order valence-electron chi connectivity index (χ0n) is 14.9. The number of amides is 1. The molecule has 0 saturated carbocycles. The third-order valence-corrected chi connectivity index (χ3v) is 3.80. The molecule has 3 rings (SSSR count). The first-order valence-corrected chi connectivity index (χ1v) is 8.54. The highest BCUT2D eigenvalue weighted by Gasteiger charge is 2.09. The second-order valence-corrected chi connectivity index (χ2v) is 5.78. The van der Waals surface area contributed by atoms with Gasteiger partial charge in [-0.15, -0.1) is 0 Å². The number of nitro benzene ring substituents is 1. The molecule has 3 aromatic rings. The highest BCUT2D eigenvalue weighted by Crippen LogP contribution is 2.20. The molecule has 0 aliphatic carbocycles. The van der Waals surface area contributed by atoms with Crippen molar-refractivity contribution in [2.75, 3.05) is 11.9 Å². The number of nitrogens with one attached hydrogen (secondary N) is 1. The normalized spacial score (nSPS) is 10.7. The third kappa shape index (κ3) is 5.28. The Hall–Kier alpha value is -3.94. The molecule has 0 fully saturated rings. The van der Waals surface area contributed by atoms with E-state index < -0.39 is 10.8 Å². The molecule has 0 aliphatic rings. The first kappa shape index (κ1) is 18.8. The van der Waals surface area contributed by atoms with E-state index >= 15 is 0 Å². The van der Waals surface area contributed by atoms with E-state index in [1.54, 1.807) is 53.3 Å². The number of carbonyl (C=O) groups is 1. The molecule has 1 aromatic heterocycles. The molecule has 1 N–H and O–H groups in total. The summed E-state index contributed by atoms with van der Waals surface area (Å²) in [6.45, 7) is 1.05. The number of benzene rings is 2. The second-order valence-electron chi connectivity index (χ2n) is 5.78. The molecule has 142 valence electrons. The summed E-state index contributed by atoms with van der Waals surface area (Å²) in [6, 6.07) is 15.1. The molecule has 1 heterocycles. The van der Waals surface area contributed by atoms with Gasteiger partial charge in [0, 0.05) is 36.3 Å². The predicted octanol–water partition coefficient (Wildman–Crippen LogP) is 3.52. The second kappa shape index (κ2) is 9.13. The van der Waals surface area contributed by atoms with E-state index in [2.05, 4.69) is 10.4 Å². The quantitative estimate of drug-likeness (QED) is 0.367. The Labute approximate surface area is 161 Å². The van der Waals surface area contributed by atoms with Crippen molar-refractivity contribution in [3.05, 3.63) is 88.7 Å². The van der Waals surface area contributed by atoms with Crippen molar-refractivity contribution in [3.63, 3.8) is 0 Å². The zero-order chi connectivity index (χ0) is 19.8. The number of rotatable bonds is 8. The monoisotopic (exact) mass is 378 g/mol. The predicted molar refractivity (Wildman–Crippen MR) is 105 cm³/mol. The van der Waals surface area contributed by atoms with Gasteiger partial charge < -0.3 is 10.1 Å². The van der Waals surface area contributed by atoms with Gasteiger partial charge in [0.15, 0.2) is 0 Å². The van der Waals surface area contributed by atoms with E-state index in [-0.39, 0.29) is 5.69 Å². The number of para-hydroxylation sites is 1. The van der Waals surface area contributed by atoms with Gasteiger partial charge >= 0.3 is 0 Å². The average molecular weight is 378 g/mol. The van der Waals surface area contributed by atoms with Crippen LogP contribution in [0.4, 0.5) is 11.4 Å². The minimum atomic E-state index is -0.484. The summed E-state index contributed by atoms with van der Waals surface area (Å²) in [5, 5.41) is 17.8. The maximum absolute atomic E-state index is 12.1. The number of anilines is 1. The molecular weight excluding hydrogens is 360 g/mol. The van der Waals surface area contributed by atoms with E-state index in [0.717, 1.165) is 0 Å². The lowest BCUT2D eigenvalue weighted by Gasteiger charge is -2.08. The van der Waals surface area contributed by atoms with Gasteiger partial charge in [-0.05, 0) is 30.3 Å². The number of carbonyl (C=O) groups excluding carboxylic acids is 1. The minimum absolute atomic E-state index is 0.0564. The van der Waals surface area contributed by atoms with Gasteiger partial charge in [0.05, 0.1) is 17.0 Å². The smallest absolute Gasteiger partial charge is 0.276 e. The van der Waals surface area contributed by atoms with Gasteiger partial charge in [-0.25, -0.2) is 0 Å². The third-order valence-electron chi connectivity index (χ3n) is 3.80. The Balaban J connectivity index is 1.57. The van der Waals surface area contributed by atoms with Crippen molar-refractivity contribution >= 4 is 23.4 Å². The van der Waals surface area contributed by atoms with Gasteiger partial charge in [0.2, 0.25) is 5.91 Å². The lowest BCUT2D eigenvalue weighted by Crippen LogP contribution is -2.10. The Morgan fingerprint density at radius 1 is 1.21 bits per heavy atom. The van der Waals surface area contributed by atoms with E-state index in [9.17, 15) is 14.9 Å². The van der Waals surface area contributed by atoms with Crippen LogP contribution in [0.2, 0.25) is 0 Å². The van der Waals surface area contributed by atoms with Gasteiger partial charge in [-0.1, -0.05) is 18.2 Å². The van der Waals surface area contributed by atoms with E-state index in [1.807, 2.05) is 12.3 Å². The molecule has 1 amide bonds. The fourth-order valence-electron chi connectivity index (χ4n) is 2.50. The number of hydrogen-bond acceptors (Lipinski definition) is 5. The van der Waals surface area contributed by atoms with Crippen molar-refractivity contribution < 1.29 is 14.5 Å². The summed E-state index contributed by atoms with van der Waals surface area (Å²) in [7, 11) is 0. The summed E-state index contributed by atoms with van der Waals surface area (Å²) in [5.41, 5.74) is 0.867. The van der Waals surface area contributed by atoms with Gasteiger partial charge in [-0.3, -0.25) is 19.6 Å². The molecule has 0 bridgehead atoms. The fourth-order valence-corrected chi connectivity index (χ4v) is 2.50. The largest absolute Gasteiger partial charge is 0.492 e. The lowest BCUT2D eigenvalue weighted by molar-refractivity contribution is -0.385. The zero-order valence-corrected chi connectivity index (χ0v) is 14.9. The van der Waals surface area contributed by atoms with Crippen LogP contribution in [-0.2, 0) is 11.3 Å². The highest BCUT2D eigenvalue weighted by atomic mass is 16.6. The maximum Gasteiger partial charge on any atom is 0.276 e. The first-order chi connectivity index (χ1) is 13.6. The number of ether oxygens (including phenoxy) is 1. The Bertz CT molecular complexity index is 983. The summed E-state index contributed by atoms with van der Waals surface area (Å²) < 4.78 is 7.43. The van der Waals surface area contributed by atoms with Crippen LogP contribution >= 0.6 is 0 Å². The molecule has 2 aromatic carbocycles. The first-order valence-electron chi connectivity index (χ1n) is 8.54. The molecule has 0 spiro atoms. The van der Waals surface area contributed by atoms with E-state index in [1.165, 1.54) is 18.2 Å². The number of nitro groups is 1. The van der Waals surface area contributed by atoms with Crippen molar-refractivity contribution in [1.82, 2.24) is 9.78 Å². The number of nitrogens with zero attached hydrogens (tertiary/aromatic N) is 3. The van der Waals surface area contributed by atoms with Crippen LogP contribution in [0.3, 0.4) is 0 Å². The molecule has 8 heteroatoms. The van der Waals surface area contributed by atoms with Crippen LogP contribution < -0.4 is 10.1 Å². The molecular formula is C20H18N4O4. The standard InChI is InChI=1S/C20H18N4O4/c25-20(10-9-16-5-1-2-8-19(16)24(26)27)22-17-6-3-7-18(15-17)28-14-13-23-12-4-11-21-23/h1-12,15H,13-14H2,(H,22,25). The van der Waals surface area contributed by atoms with Gasteiger partial charge in [0.25, 0.3) is 5.69 Å². The van der Waals surface area contributed by atoms with Crippen LogP contribution in [0.25, 0.3) is 6.08 Å². The Morgan fingerprint density at radius 2 is 2.07 bits per heavy atom. The Morgan fingerprint density at radius 3 is 2.86 bits per heavy atom. The fraction of sp³-hybridized carbons (Fsp3) is 0.100. The summed E-state index contributed by atoms with van der Waals surface area (Å²) >= 11 is 0. The molecule has 0 aliphatic heterocycles. The molecule has 0 radical (unpaired) electrons. The van der Waals surface area contributed by atoms with Crippen molar-refractivity contribution in [2.45, 2.75) is 6.54 Å². The molecule has 0 atom stereocenters. The molecule has 0 unspecified atom stereocenters. The van der Waals surface area contributed by atoms with Gasteiger partial charge in [0.1, 0.15) is 12.4 Å². The van der Waals surface area contributed by atoms with Crippen LogP contribution in [0, 0.1) is 10.1 Å². The van der Waals surface area contributed by atoms with Crippen LogP contribution in [0.1, 0.15) is 5.56 Å². The van der Waals surface area contributed by atoms with Gasteiger partial charge in [-0.2, -0.15) is 5.10 Å². The van der Waals surface area contributed by atoms with Crippen LogP contribution in [0.15, 0.2) is 73.1 Å². The average Bonchev–Trinajstić information content (AvgIpc) is 3.20. The van der Waals surface area contributed by atoms with Crippen LogP contribution in [0.5, 0.6) is 5.75 Å². The highest BCUT2D eigenvalue weighted by molar-refractivity contribution is 6.02. The lowest BCUT2D eigenvalue weighted by atomic mass is 10.1. The number of aromatic nitrogens is 2. The van der Waals surface area contributed by atoms with E-state index in [0.29, 0.717) is 30.2 Å². The summed E-state index contributed by atoms with van der Waals surface area (Å²) in [5.74, 6) is 0.222. The van der Waals surface area contributed by atoms with E-state index in [4.69, 9.17) is 4.74 Å². The minimum Gasteiger partial charge on any atom is -0.492 e. The topological polar surface area (TPSA) is 99.3 Å². The van der Waals surface area contributed by atoms with Crippen molar-refractivity contribution in [3.8, 4) is 5.75 Å². The van der Waals surface area contributed by atoms with Crippen molar-refractivity contribution in [1.29, 1.82) is 0 Å². The summed E-state index contributed by atoms with van der Waals surface area (Å²) in [4.78, 5) is 22.7. The summed E-state index contributed by atoms with van der Waals surface area (Å²) in [6.07, 6.45) is 6.22. The van der Waals surface area contributed by atoms with Crippen LogP contribution in [-0.4, -0.2) is 27.2 Å². The molecule has 0 saturated heterocycles. The van der Waals surface area contributed by atoms with Crippen molar-refractivity contribution in [2.24, 2.45) is 0 Å². The Kier molecular flexibility index (Phi) is 6.14. The number of hydrogen-bond donors (Lipinski definition) is 1. The maximum atomic E-state index is 12.1. The molecule has 28 heavy (non-hydrogen) atoms. The molecule has 8 nitrogen and oxygen atoms in total.